The van der Waals surface area contributed by atoms with E-state index in [4.69, 9.17) is 12.2 Å². The molecule has 2 heterocycles. The molecule has 1 N–H and O–H groups in total. The van der Waals surface area contributed by atoms with Crippen LogP contribution in [0.1, 0.15) is 45.6 Å². The summed E-state index contributed by atoms with van der Waals surface area (Å²) < 4.78 is 3.13. The third-order valence-corrected chi connectivity index (χ3v) is 4.49. The van der Waals surface area contributed by atoms with Crippen molar-refractivity contribution >= 4 is 23.3 Å². The molecule has 4 heteroatoms. The van der Waals surface area contributed by atoms with E-state index in [2.05, 4.69) is 34.4 Å². The molecule has 0 atom stereocenters. The SMILES string of the molecule is CC1(C)CCC(n2c(=S)[nH]c3cnccc32)CC1. The van der Waals surface area contributed by atoms with Crippen molar-refractivity contribution in [3.63, 3.8) is 0 Å². The molecule has 0 aliphatic heterocycles. The van der Waals surface area contributed by atoms with E-state index in [-0.39, 0.29) is 0 Å². The quantitative estimate of drug-likeness (QED) is 0.779. The van der Waals surface area contributed by atoms with Gasteiger partial charge in [-0.2, -0.15) is 0 Å². The Hall–Kier alpha value is -1.16. The third-order valence-electron chi connectivity index (χ3n) is 4.19. The van der Waals surface area contributed by atoms with E-state index >= 15 is 0 Å². The standard InChI is InChI=1S/C14H19N3S/c1-14(2)6-3-10(4-7-14)17-12-5-8-15-9-11(12)16-13(17)18/h5,8-10H,3-4,6-7H2,1-2H3,(H,16,18). The van der Waals surface area contributed by atoms with Crippen molar-refractivity contribution in [3.8, 4) is 0 Å². The molecule has 0 aromatic carbocycles. The third kappa shape index (κ3) is 1.99. The number of imidazole rings is 1. The maximum absolute atomic E-state index is 5.47. The molecule has 18 heavy (non-hydrogen) atoms. The van der Waals surface area contributed by atoms with Gasteiger partial charge in [-0.05, 0) is 49.4 Å². The van der Waals surface area contributed by atoms with Gasteiger partial charge in [-0.15, -0.1) is 0 Å². The Morgan fingerprint density at radius 1 is 1.39 bits per heavy atom. The van der Waals surface area contributed by atoms with Crippen molar-refractivity contribution in [2.45, 2.75) is 45.6 Å². The monoisotopic (exact) mass is 261 g/mol. The zero-order chi connectivity index (χ0) is 12.8. The molecule has 2 aromatic rings. The Morgan fingerprint density at radius 3 is 2.83 bits per heavy atom. The zero-order valence-corrected chi connectivity index (χ0v) is 11.8. The molecular formula is C14H19N3S. The number of fused-ring (bicyclic) bond motifs is 1. The van der Waals surface area contributed by atoms with Gasteiger partial charge in [-0.1, -0.05) is 13.8 Å². The van der Waals surface area contributed by atoms with Crippen molar-refractivity contribution in [3.05, 3.63) is 23.2 Å². The molecule has 3 rings (SSSR count). The topological polar surface area (TPSA) is 33.6 Å². The Kier molecular flexibility index (Phi) is 2.77. The highest BCUT2D eigenvalue weighted by Crippen LogP contribution is 2.41. The number of aromatic amines is 1. The van der Waals surface area contributed by atoms with Gasteiger partial charge in [0, 0.05) is 12.2 Å². The summed E-state index contributed by atoms with van der Waals surface area (Å²) in [4.78, 5) is 7.41. The molecule has 0 spiro atoms. The smallest absolute Gasteiger partial charge is 0.178 e. The number of pyridine rings is 1. The molecule has 2 aromatic heterocycles. The molecule has 0 unspecified atom stereocenters. The van der Waals surface area contributed by atoms with Crippen LogP contribution in [0.25, 0.3) is 11.0 Å². The van der Waals surface area contributed by atoms with Crippen molar-refractivity contribution in [2.24, 2.45) is 5.41 Å². The summed E-state index contributed by atoms with van der Waals surface area (Å²) in [6, 6.07) is 2.60. The van der Waals surface area contributed by atoms with Crippen LogP contribution in [0.2, 0.25) is 0 Å². The van der Waals surface area contributed by atoms with Gasteiger partial charge in [0.25, 0.3) is 0 Å². The van der Waals surface area contributed by atoms with Crippen LogP contribution < -0.4 is 0 Å². The molecule has 0 saturated heterocycles. The summed E-state index contributed by atoms with van der Waals surface area (Å²) in [5.41, 5.74) is 2.74. The van der Waals surface area contributed by atoms with Crippen molar-refractivity contribution < 1.29 is 0 Å². The Balaban J connectivity index is 2.00. The van der Waals surface area contributed by atoms with E-state index in [0.717, 1.165) is 10.3 Å². The minimum Gasteiger partial charge on any atom is -0.329 e. The van der Waals surface area contributed by atoms with Crippen LogP contribution in [-0.4, -0.2) is 14.5 Å². The van der Waals surface area contributed by atoms with Gasteiger partial charge in [0.15, 0.2) is 4.77 Å². The molecule has 96 valence electrons. The van der Waals surface area contributed by atoms with E-state index in [9.17, 15) is 0 Å². The lowest BCUT2D eigenvalue weighted by Crippen LogP contribution is -2.23. The van der Waals surface area contributed by atoms with Crippen molar-refractivity contribution in [1.82, 2.24) is 14.5 Å². The van der Waals surface area contributed by atoms with Crippen LogP contribution in [0.3, 0.4) is 0 Å². The lowest BCUT2D eigenvalue weighted by Gasteiger charge is -2.35. The highest BCUT2D eigenvalue weighted by molar-refractivity contribution is 7.71. The number of H-pyrrole nitrogens is 1. The van der Waals surface area contributed by atoms with Gasteiger partial charge >= 0.3 is 0 Å². The maximum atomic E-state index is 5.47. The van der Waals surface area contributed by atoms with Crippen LogP contribution >= 0.6 is 12.2 Å². The van der Waals surface area contributed by atoms with E-state index in [1.165, 1.54) is 31.2 Å². The summed E-state index contributed by atoms with van der Waals surface area (Å²) in [5, 5.41) is 0. The highest BCUT2D eigenvalue weighted by Gasteiger charge is 2.28. The second-order valence-electron chi connectivity index (χ2n) is 6.09. The molecule has 0 radical (unpaired) electrons. The van der Waals surface area contributed by atoms with Gasteiger partial charge in [-0.3, -0.25) is 4.98 Å². The fraction of sp³-hybridized carbons (Fsp3) is 0.571. The fourth-order valence-electron chi connectivity index (χ4n) is 2.98. The molecule has 1 fully saturated rings. The number of hydrogen-bond acceptors (Lipinski definition) is 2. The Labute approximate surface area is 112 Å². The maximum Gasteiger partial charge on any atom is 0.178 e. The lowest BCUT2D eigenvalue weighted by molar-refractivity contribution is 0.195. The van der Waals surface area contributed by atoms with Crippen LogP contribution in [0, 0.1) is 10.2 Å². The summed E-state index contributed by atoms with van der Waals surface area (Å²) in [6.07, 6.45) is 8.68. The second-order valence-corrected chi connectivity index (χ2v) is 6.48. The van der Waals surface area contributed by atoms with E-state index < -0.39 is 0 Å². The van der Waals surface area contributed by atoms with Crippen LogP contribution in [0.4, 0.5) is 0 Å². The van der Waals surface area contributed by atoms with Crippen LogP contribution in [0.5, 0.6) is 0 Å². The van der Waals surface area contributed by atoms with Crippen molar-refractivity contribution in [1.29, 1.82) is 0 Å². The van der Waals surface area contributed by atoms with Gasteiger partial charge < -0.3 is 9.55 Å². The molecule has 1 aliphatic rings. The first-order chi connectivity index (χ1) is 8.57. The minimum absolute atomic E-state index is 0.492. The number of aromatic nitrogens is 3. The lowest BCUT2D eigenvalue weighted by atomic mass is 9.75. The molecule has 3 nitrogen and oxygen atoms in total. The van der Waals surface area contributed by atoms with Crippen LogP contribution in [0.15, 0.2) is 18.5 Å². The van der Waals surface area contributed by atoms with E-state index in [1.807, 2.05) is 12.4 Å². The molecular weight excluding hydrogens is 242 g/mol. The van der Waals surface area contributed by atoms with Crippen molar-refractivity contribution in [2.75, 3.05) is 0 Å². The van der Waals surface area contributed by atoms with Gasteiger partial charge in [0.2, 0.25) is 0 Å². The first-order valence-electron chi connectivity index (χ1n) is 6.61. The Morgan fingerprint density at radius 2 is 2.11 bits per heavy atom. The predicted octanol–water partition coefficient (Wildman–Crippen LogP) is 4.24. The number of hydrogen-bond donors (Lipinski definition) is 1. The Bertz CT molecular complexity index is 613. The normalized spacial score (nSPS) is 20.3. The summed E-state index contributed by atoms with van der Waals surface area (Å²) in [7, 11) is 0. The number of nitrogens with zero attached hydrogens (tertiary/aromatic N) is 2. The average molecular weight is 261 g/mol. The van der Waals surface area contributed by atoms with Gasteiger partial charge in [0.05, 0.1) is 17.2 Å². The summed E-state index contributed by atoms with van der Waals surface area (Å²) in [5.74, 6) is 0. The second kappa shape index (κ2) is 4.19. The average Bonchev–Trinajstić information content (AvgIpc) is 2.66. The predicted molar refractivity (Wildman–Crippen MR) is 76.2 cm³/mol. The first-order valence-corrected chi connectivity index (χ1v) is 7.02. The zero-order valence-electron chi connectivity index (χ0n) is 10.9. The van der Waals surface area contributed by atoms with Gasteiger partial charge in [-0.25, -0.2) is 0 Å². The largest absolute Gasteiger partial charge is 0.329 e. The van der Waals surface area contributed by atoms with Crippen LogP contribution in [-0.2, 0) is 0 Å². The fourth-order valence-corrected chi connectivity index (χ4v) is 3.34. The number of nitrogens with one attached hydrogen (secondary N) is 1. The number of rotatable bonds is 1. The minimum atomic E-state index is 0.492. The molecule has 0 bridgehead atoms. The first kappa shape index (κ1) is 11.9. The molecule has 0 amide bonds. The molecule has 1 aliphatic carbocycles. The summed E-state index contributed by atoms with van der Waals surface area (Å²) in [6.45, 7) is 4.73. The van der Waals surface area contributed by atoms with E-state index in [1.54, 1.807) is 0 Å². The van der Waals surface area contributed by atoms with E-state index in [0.29, 0.717) is 11.5 Å². The summed E-state index contributed by atoms with van der Waals surface area (Å²) >= 11 is 5.47. The van der Waals surface area contributed by atoms with Gasteiger partial charge in [0.1, 0.15) is 0 Å². The highest BCUT2D eigenvalue weighted by atomic mass is 32.1. The molecule has 1 saturated carbocycles.